The summed E-state index contributed by atoms with van der Waals surface area (Å²) in [4.78, 5) is 0. The molecular weight excluding hydrogens is 269 g/mol. The van der Waals surface area contributed by atoms with Gasteiger partial charge in [-0.15, -0.1) is 0 Å². The van der Waals surface area contributed by atoms with Crippen molar-refractivity contribution >= 4 is 5.69 Å². The number of aromatic hydroxyl groups is 1. The van der Waals surface area contributed by atoms with Crippen molar-refractivity contribution in [2.45, 2.75) is 25.8 Å². The molecule has 0 aliphatic carbocycles. The number of rotatable bonds is 6. The van der Waals surface area contributed by atoms with Crippen LogP contribution in [0.15, 0.2) is 42.5 Å². The Morgan fingerprint density at radius 1 is 1.19 bits per heavy atom. The van der Waals surface area contributed by atoms with Crippen LogP contribution in [0.1, 0.15) is 18.9 Å². The van der Waals surface area contributed by atoms with E-state index in [0.717, 1.165) is 18.5 Å². The average Bonchev–Trinajstić information content (AvgIpc) is 2.48. The molecule has 0 bridgehead atoms. The van der Waals surface area contributed by atoms with Gasteiger partial charge in [-0.05, 0) is 49.6 Å². The first-order chi connectivity index (χ1) is 10.1. The second-order valence-electron chi connectivity index (χ2n) is 5.10. The van der Waals surface area contributed by atoms with E-state index in [1.165, 1.54) is 18.7 Å². The minimum absolute atomic E-state index is 0.241. The van der Waals surface area contributed by atoms with Crippen LogP contribution in [0.5, 0.6) is 11.5 Å². The molecule has 112 valence electrons. The van der Waals surface area contributed by atoms with Gasteiger partial charge in [0, 0.05) is 17.8 Å². The van der Waals surface area contributed by atoms with Gasteiger partial charge in [0.1, 0.15) is 5.75 Å². The predicted molar refractivity (Wildman–Crippen MR) is 82.5 cm³/mol. The van der Waals surface area contributed by atoms with E-state index in [1.807, 2.05) is 12.1 Å². The molecule has 0 fully saturated rings. The van der Waals surface area contributed by atoms with Gasteiger partial charge in [0.2, 0.25) is 0 Å². The summed E-state index contributed by atoms with van der Waals surface area (Å²) in [5.74, 6) is 0.161. The Morgan fingerprint density at radius 2 is 1.90 bits per heavy atom. The molecule has 4 heteroatoms. The zero-order valence-corrected chi connectivity index (χ0v) is 12.3. The Kier molecular flexibility index (Phi) is 5.04. The lowest BCUT2D eigenvalue weighted by Gasteiger charge is -2.16. The van der Waals surface area contributed by atoms with Gasteiger partial charge in [0.25, 0.3) is 0 Å². The number of ether oxygens (including phenoxy) is 1. The number of phenols is 1. The Morgan fingerprint density at radius 3 is 2.57 bits per heavy atom. The maximum Gasteiger partial charge on any atom is 0.165 e. The third-order valence-corrected chi connectivity index (χ3v) is 3.37. The summed E-state index contributed by atoms with van der Waals surface area (Å²) in [6.45, 7) is 2.08. The highest BCUT2D eigenvalue weighted by Gasteiger charge is 2.07. The van der Waals surface area contributed by atoms with Crippen molar-refractivity contribution in [3.63, 3.8) is 0 Å². The van der Waals surface area contributed by atoms with Gasteiger partial charge in [-0.1, -0.05) is 12.1 Å². The maximum atomic E-state index is 13.3. The molecule has 3 nitrogen and oxygen atoms in total. The van der Waals surface area contributed by atoms with Crippen molar-refractivity contribution < 1.29 is 14.2 Å². The molecule has 0 radical (unpaired) electrons. The van der Waals surface area contributed by atoms with Crippen LogP contribution in [0.4, 0.5) is 10.1 Å². The lowest BCUT2D eigenvalue weighted by atomic mass is 10.1. The SMILES string of the molecule is COc1cc(NC(C)CCc2ccc(O)cc2)ccc1F. The molecule has 0 aromatic heterocycles. The van der Waals surface area contributed by atoms with E-state index in [2.05, 4.69) is 12.2 Å². The van der Waals surface area contributed by atoms with Crippen LogP contribution >= 0.6 is 0 Å². The molecule has 1 atom stereocenters. The number of nitrogens with one attached hydrogen (secondary N) is 1. The number of hydrogen-bond donors (Lipinski definition) is 2. The van der Waals surface area contributed by atoms with Gasteiger partial charge in [0.15, 0.2) is 11.6 Å². The van der Waals surface area contributed by atoms with Crippen molar-refractivity contribution in [3.8, 4) is 11.5 Å². The summed E-state index contributed by atoms with van der Waals surface area (Å²) in [6.07, 6.45) is 1.84. The fourth-order valence-electron chi connectivity index (χ4n) is 2.15. The Hall–Kier alpha value is -2.23. The van der Waals surface area contributed by atoms with Crippen LogP contribution < -0.4 is 10.1 Å². The third-order valence-electron chi connectivity index (χ3n) is 3.37. The first-order valence-electron chi connectivity index (χ1n) is 6.96. The van der Waals surface area contributed by atoms with Crippen LogP contribution in [0.25, 0.3) is 0 Å². The topological polar surface area (TPSA) is 41.5 Å². The molecule has 2 aromatic rings. The van der Waals surface area contributed by atoms with Crippen LogP contribution in [-0.4, -0.2) is 18.3 Å². The zero-order chi connectivity index (χ0) is 15.2. The average molecular weight is 289 g/mol. The van der Waals surface area contributed by atoms with E-state index in [-0.39, 0.29) is 23.4 Å². The van der Waals surface area contributed by atoms with E-state index in [0.29, 0.717) is 0 Å². The standard InChI is InChI=1S/C17H20FNO2/c1-12(3-4-13-5-8-15(20)9-6-13)19-14-7-10-16(18)17(11-14)21-2/h5-12,19-20H,3-4H2,1-2H3. The predicted octanol–water partition coefficient (Wildman–Crippen LogP) is 3.97. The number of benzene rings is 2. The molecule has 0 aliphatic heterocycles. The van der Waals surface area contributed by atoms with Gasteiger partial charge in [-0.2, -0.15) is 0 Å². The molecule has 0 heterocycles. The normalized spacial score (nSPS) is 12.0. The second kappa shape index (κ2) is 6.97. The molecule has 0 spiro atoms. The molecule has 0 saturated heterocycles. The lowest BCUT2D eigenvalue weighted by molar-refractivity contribution is 0.386. The molecule has 2 N–H and O–H groups in total. The van der Waals surface area contributed by atoms with Crippen molar-refractivity contribution in [2.75, 3.05) is 12.4 Å². The summed E-state index contributed by atoms with van der Waals surface area (Å²) >= 11 is 0. The molecule has 0 amide bonds. The molecule has 2 rings (SSSR count). The highest BCUT2D eigenvalue weighted by Crippen LogP contribution is 2.22. The van der Waals surface area contributed by atoms with Crippen molar-refractivity contribution in [1.29, 1.82) is 0 Å². The molecule has 0 aliphatic rings. The molecule has 2 aromatic carbocycles. The van der Waals surface area contributed by atoms with Crippen LogP contribution in [0, 0.1) is 5.82 Å². The van der Waals surface area contributed by atoms with Crippen molar-refractivity contribution in [3.05, 3.63) is 53.8 Å². The first-order valence-corrected chi connectivity index (χ1v) is 6.96. The zero-order valence-electron chi connectivity index (χ0n) is 12.3. The quantitative estimate of drug-likeness (QED) is 0.845. The fourth-order valence-corrected chi connectivity index (χ4v) is 2.15. The summed E-state index contributed by atoms with van der Waals surface area (Å²) < 4.78 is 18.3. The molecule has 0 saturated carbocycles. The summed E-state index contributed by atoms with van der Waals surface area (Å²) in [5, 5.41) is 12.6. The summed E-state index contributed by atoms with van der Waals surface area (Å²) in [6, 6.07) is 12.2. The van der Waals surface area contributed by atoms with Crippen LogP contribution in [-0.2, 0) is 6.42 Å². The molecular formula is C17H20FNO2. The molecule has 21 heavy (non-hydrogen) atoms. The fraction of sp³-hybridized carbons (Fsp3) is 0.294. The Bertz CT molecular complexity index is 584. The number of hydrogen-bond acceptors (Lipinski definition) is 3. The number of aryl methyl sites for hydroxylation is 1. The molecule has 1 unspecified atom stereocenters. The van der Waals surface area contributed by atoms with Gasteiger partial charge in [-0.3, -0.25) is 0 Å². The Balaban J connectivity index is 1.89. The van der Waals surface area contributed by atoms with Crippen molar-refractivity contribution in [1.82, 2.24) is 0 Å². The van der Waals surface area contributed by atoms with Gasteiger partial charge < -0.3 is 15.2 Å². The highest BCUT2D eigenvalue weighted by molar-refractivity contribution is 5.49. The van der Waals surface area contributed by atoms with Crippen LogP contribution in [0.2, 0.25) is 0 Å². The van der Waals surface area contributed by atoms with Gasteiger partial charge in [-0.25, -0.2) is 4.39 Å². The summed E-state index contributed by atoms with van der Waals surface area (Å²) in [7, 11) is 1.45. The van der Waals surface area contributed by atoms with Gasteiger partial charge >= 0.3 is 0 Å². The summed E-state index contributed by atoms with van der Waals surface area (Å²) in [5.41, 5.74) is 2.02. The van der Waals surface area contributed by atoms with Crippen molar-refractivity contribution in [2.24, 2.45) is 0 Å². The maximum absolute atomic E-state index is 13.3. The van der Waals surface area contributed by atoms with E-state index in [9.17, 15) is 9.50 Å². The largest absolute Gasteiger partial charge is 0.508 e. The van der Waals surface area contributed by atoms with E-state index < -0.39 is 0 Å². The number of anilines is 1. The smallest absolute Gasteiger partial charge is 0.165 e. The number of methoxy groups -OCH3 is 1. The third kappa shape index (κ3) is 4.38. The number of phenolic OH excluding ortho intramolecular Hbond substituents is 1. The second-order valence-corrected chi connectivity index (χ2v) is 5.10. The van der Waals surface area contributed by atoms with Gasteiger partial charge in [0.05, 0.1) is 7.11 Å². The van der Waals surface area contributed by atoms with Crippen LogP contribution in [0.3, 0.4) is 0 Å². The lowest BCUT2D eigenvalue weighted by Crippen LogP contribution is -2.16. The monoisotopic (exact) mass is 289 g/mol. The van der Waals surface area contributed by atoms with E-state index >= 15 is 0 Å². The Labute approximate surface area is 124 Å². The first kappa shape index (κ1) is 15.2. The van der Waals surface area contributed by atoms with E-state index in [1.54, 1.807) is 24.3 Å². The van der Waals surface area contributed by atoms with E-state index in [4.69, 9.17) is 4.74 Å². The highest BCUT2D eigenvalue weighted by atomic mass is 19.1. The minimum atomic E-state index is -0.361. The minimum Gasteiger partial charge on any atom is -0.508 e. The number of halogens is 1.